The van der Waals surface area contributed by atoms with E-state index in [1.54, 1.807) is 12.1 Å². The Morgan fingerprint density at radius 2 is 1.50 bits per heavy atom. The van der Waals surface area contributed by atoms with Crippen molar-refractivity contribution in [3.05, 3.63) is 66.2 Å². The number of ether oxygens (including phenoxy) is 2. The van der Waals surface area contributed by atoms with Crippen molar-refractivity contribution in [2.45, 2.75) is 46.0 Å². The highest BCUT2D eigenvalue weighted by Crippen LogP contribution is 2.18. The fourth-order valence-corrected chi connectivity index (χ4v) is 2.64. The summed E-state index contributed by atoms with van der Waals surface area (Å²) in [6.07, 6.45) is 6.06. The van der Waals surface area contributed by atoms with Crippen LogP contribution >= 0.6 is 0 Å². The van der Waals surface area contributed by atoms with Gasteiger partial charge in [-0.3, -0.25) is 4.79 Å². The van der Waals surface area contributed by atoms with Gasteiger partial charge in [0.1, 0.15) is 18.1 Å². The maximum absolute atomic E-state index is 12.4. The minimum absolute atomic E-state index is 0.151. The van der Waals surface area contributed by atoms with E-state index in [1.807, 2.05) is 43.3 Å². The Balaban J connectivity index is 1.78. The fourth-order valence-electron chi connectivity index (χ4n) is 2.64. The Labute approximate surface area is 168 Å². The summed E-state index contributed by atoms with van der Waals surface area (Å²) in [5.41, 5.74) is 2.28. The van der Waals surface area contributed by atoms with Crippen molar-refractivity contribution >= 4 is 11.6 Å². The van der Waals surface area contributed by atoms with Gasteiger partial charge in [-0.15, -0.1) is 0 Å². The molecule has 0 spiro atoms. The quantitative estimate of drug-likeness (QED) is 0.349. The van der Waals surface area contributed by atoms with E-state index < -0.39 is 0 Å². The molecule has 0 aliphatic carbocycles. The SMILES string of the molecule is C=C(C)COc1ccc(NC(=O)c2ccc(OCCCCCCC)cc2)cc1. The zero-order valence-corrected chi connectivity index (χ0v) is 17.0. The van der Waals surface area contributed by atoms with Crippen LogP contribution in [-0.2, 0) is 0 Å². The monoisotopic (exact) mass is 381 g/mol. The molecule has 0 aliphatic rings. The standard InChI is InChI=1S/C24H31NO3/c1-4-5-6-7-8-17-27-22-13-9-20(10-14-22)24(26)25-21-11-15-23(16-12-21)28-18-19(2)3/h9-16H,2,4-8,17-18H2,1,3H3,(H,25,26). The van der Waals surface area contributed by atoms with Gasteiger partial charge in [0.15, 0.2) is 0 Å². The number of amides is 1. The van der Waals surface area contributed by atoms with Gasteiger partial charge in [-0.05, 0) is 67.4 Å². The Bertz CT molecular complexity index is 735. The molecule has 0 fully saturated rings. The number of anilines is 1. The molecule has 0 atom stereocenters. The van der Waals surface area contributed by atoms with Gasteiger partial charge in [0.25, 0.3) is 5.91 Å². The van der Waals surface area contributed by atoms with Crippen LogP contribution in [0.1, 0.15) is 56.3 Å². The maximum atomic E-state index is 12.4. The number of benzene rings is 2. The van der Waals surface area contributed by atoms with Crippen molar-refractivity contribution in [1.29, 1.82) is 0 Å². The third kappa shape index (κ3) is 7.87. The largest absolute Gasteiger partial charge is 0.494 e. The molecular formula is C24H31NO3. The lowest BCUT2D eigenvalue weighted by Gasteiger charge is -2.09. The predicted molar refractivity (Wildman–Crippen MR) is 115 cm³/mol. The van der Waals surface area contributed by atoms with Gasteiger partial charge >= 0.3 is 0 Å². The van der Waals surface area contributed by atoms with Crippen LogP contribution < -0.4 is 14.8 Å². The molecule has 4 nitrogen and oxygen atoms in total. The first-order chi connectivity index (χ1) is 13.6. The van der Waals surface area contributed by atoms with Gasteiger partial charge < -0.3 is 14.8 Å². The van der Waals surface area contributed by atoms with Crippen LogP contribution in [0.5, 0.6) is 11.5 Å². The van der Waals surface area contributed by atoms with Crippen LogP contribution in [0.3, 0.4) is 0 Å². The zero-order valence-electron chi connectivity index (χ0n) is 17.0. The molecule has 1 N–H and O–H groups in total. The van der Waals surface area contributed by atoms with Crippen molar-refractivity contribution in [3.8, 4) is 11.5 Å². The first-order valence-corrected chi connectivity index (χ1v) is 10.00. The molecule has 1 amide bonds. The van der Waals surface area contributed by atoms with Crippen LogP contribution in [0.2, 0.25) is 0 Å². The van der Waals surface area contributed by atoms with Crippen LogP contribution in [0.4, 0.5) is 5.69 Å². The molecule has 4 heteroatoms. The maximum Gasteiger partial charge on any atom is 0.255 e. The molecule has 150 valence electrons. The second-order valence-electron chi connectivity index (χ2n) is 7.01. The lowest BCUT2D eigenvalue weighted by molar-refractivity contribution is 0.102. The molecular weight excluding hydrogens is 350 g/mol. The second-order valence-corrected chi connectivity index (χ2v) is 7.01. The minimum atomic E-state index is -0.151. The van der Waals surface area contributed by atoms with Crippen molar-refractivity contribution in [2.75, 3.05) is 18.5 Å². The summed E-state index contributed by atoms with van der Waals surface area (Å²) < 4.78 is 11.3. The average Bonchev–Trinajstić information content (AvgIpc) is 2.70. The Morgan fingerprint density at radius 1 is 0.893 bits per heavy atom. The predicted octanol–water partition coefficient (Wildman–Crippen LogP) is 6.24. The summed E-state index contributed by atoms with van der Waals surface area (Å²) in [6.45, 7) is 9.14. The summed E-state index contributed by atoms with van der Waals surface area (Å²) in [6, 6.07) is 14.6. The van der Waals surface area contributed by atoms with Crippen molar-refractivity contribution in [1.82, 2.24) is 0 Å². The van der Waals surface area contributed by atoms with Crippen LogP contribution in [0.15, 0.2) is 60.7 Å². The van der Waals surface area contributed by atoms with E-state index in [0.29, 0.717) is 12.2 Å². The summed E-state index contributed by atoms with van der Waals surface area (Å²) in [5, 5.41) is 2.89. The third-order valence-corrected chi connectivity index (χ3v) is 4.23. The van der Waals surface area contributed by atoms with E-state index in [-0.39, 0.29) is 5.91 Å². The van der Waals surface area contributed by atoms with Gasteiger partial charge in [0.2, 0.25) is 0 Å². The Kier molecular flexibility index (Phi) is 9.13. The highest BCUT2D eigenvalue weighted by atomic mass is 16.5. The van der Waals surface area contributed by atoms with Crippen LogP contribution in [-0.4, -0.2) is 19.1 Å². The molecule has 2 rings (SSSR count). The van der Waals surface area contributed by atoms with Gasteiger partial charge in [-0.25, -0.2) is 0 Å². The number of rotatable bonds is 12. The Morgan fingerprint density at radius 3 is 2.14 bits per heavy atom. The molecule has 0 saturated heterocycles. The smallest absolute Gasteiger partial charge is 0.255 e. The normalized spacial score (nSPS) is 10.4. The summed E-state index contributed by atoms with van der Waals surface area (Å²) >= 11 is 0. The molecule has 0 radical (unpaired) electrons. The molecule has 0 saturated carbocycles. The van der Waals surface area contributed by atoms with Crippen molar-refractivity contribution in [2.24, 2.45) is 0 Å². The second kappa shape index (κ2) is 11.9. The third-order valence-electron chi connectivity index (χ3n) is 4.23. The van der Waals surface area contributed by atoms with E-state index in [2.05, 4.69) is 18.8 Å². The zero-order chi connectivity index (χ0) is 20.2. The highest BCUT2D eigenvalue weighted by Gasteiger charge is 2.07. The first kappa shape index (κ1) is 21.5. The van der Waals surface area contributed by atoms with Crippen molar-refractivity contribution < 1.29 is 14.3 Å². The van der Waals surface area contributed by atoms with E-state index in [0.717, 1.165) is 35.8 Å². The lowest BCUT2D eigenvalue weighted by Crippen LogP contribution is -2.11. The molecule has 0 unspecified atom stereocenters. The number of carbonyl (C=O) groups excluding carboxylic acids is 1. The number of unbranched alkanes of at least 4 members (excludes halogenated alkanes) is 4. The molecule has 2 aromatic carbocycles. The molecule has 2 aromatic rings. The topological polar surface area (TPSA) is 47.6 Å². The summed E-state index contributed by atoms with van der Waals surface area (Å²) in [4.78, 5) is 12.4. The number of hydrogen-bond donors (Lipinski definition) is 1. The Hall–Kier alpha value is -2.75. The number of nitrogens with one attached hydrogen (secondary N) is 1. The number of carbonyl (C=O) groups is 1. The van der Waals surface area contributed by atoms with E-state index in [1.165, 1.54) is 25.7 Å². The van der Waals surface area contributed by atoms with Crippen LogP contribution in [0.25, 0.3) is 0 Å². The van der Waals surface area contributed by atoms with Crippen LogP contribution in [0, 0.1) is 0 Å². The summed E-state index contributed by atoms with van der Waals surface area (Å²) in [7, 11) is 0. The van der Waals surface area contributed by atoms with E-state index in [4.69, 9.17) is 9.47 Å². The van der Waals surface area contributed by atoms with Gasteiger partial charge in [0.05, 0.1) is 6.61 Å². The highest BCUT2D eigenvalue weighted by molar-refractivity contribution is 6.04. The molecule has 0 heterocycles. The molecule has 0 bridgehead atoms. The fraction of sp³-hybridized carbons (Fsp3) is 0.375. The van der Waals surface area contributed by atoms with E-state index >= 15 is 0 Å². The number of hydrogen-bond acceptors (Lipinski definition) is 3. The summed E-state index contributed by atoms with van der Waals surface area (Å²) in [5.74, 6) is 1.39. The average molecular weight is 382 g/mol. The van der Waals surface area contributed by atoms with Gasteiger partial charge in [-0.2, -0.15) is 0 Å². The van der Waals surface area contributed by atoms with E-state index in [9.17, 15) is 4.79 Å². The molecule has 0 aromatic heterocycles. The van der Waals surface area contributed by atoms with Crippen molar-refractivity contribution in [3.63, 3.8) is 0 Å². The van der Waals surface area contributed by atoms with Gasteiger partial charge in [0, 0.05) is 11.3 Å². The molecule has 28 heavy (non-hydrogen) atoms. The van der Waals surface area contributed by atoms with Gasteiger partial charge in [-0.1, -0.05) is 39.2 Å². The minimum Gasteiger partial charge on any atom is -0.494 e. The molecule has 0 aliphatic heterocycles. The first-order valence-electron chi connectivity index (χ1n) is 10.00. The lowest BCUT2D eigenvalue weighted by atomic mass is 10.1.